The molecule has 0 aromatic rings. The van der Waals surface area contributed by atoms with E-state index in [0.29, 0.717) is 12.1 Å². The molecule has 0 amide bonds. The first-order valence-electron chi connectivity index (χ1n) is 5.02. The van der Waals surface area contributed by atoms with Crippen molar-refractivity contribution in [3.8, 4) is 0 Å². The van der Waals surface area contributed by atoms with Crippen LogP contribution in [0.1, 0.15) is 41.0 Å². The van der Waals surface area contributed by atoms with Gasteiger partial charge in [0.25, 0.3) is 0 Å². The summed E-state index contributed by atoms with van der Waals surface area (Å²) in [4.78, 5) is 2.46. The van der Waals surface area contributed by atoms with E-state index in [4.69, 9.17) is 5.73 Å². The van der Waals surface area contributed by atoms with Crippen LogP contribution in [-0.2, 0) is 0 Å². The van der Waals surface area contributed by atoms with Crippen LogP contribution >= 0.6 is 0 Å². The average molecular weight is 172 g/mol. The predicted octanol–water partition coefficient (Wildman–Crippen LogP) is 1.84. The SMILES string of the molecule is CCCN(C(C)C)C(C)C(C)N. The molecule has 74 valence electrons. The van der Waals surface area contributed by atoms with Gasteiger partial charge in [-0.25, -0.2) is 0 Å². The highest BCUT2D eigenvalue weighted by Gasteiger charge is 2.18. The van der Waals surface area contributed by atoms with E-state index in [2.05, 4.69) is 39.5 Å². The minimum absolute atomic E-state index is 0.263. The molecule has 0 saturated carbocycles. The molecule has 2 heteroatoms. The topological polar surface area (TPSA) is 29.3 Å². The molecule has 0 aliphatic heterocycles. The Morgan fingerprint density at radius 3 is 1.92 bits per heavy atom. The van der Waals surface area contributed by atoms with Crippen molar-refractivity contribution < 1.29 is 0 Å². The summed E-state index contributed by atoms with van der Waals surface area (Å²) in [5, 5.41) is 0. The van der Waals surface area contributed by atoms with E-state index < -0.39 is 0 Å². The Hall–Kier alpha value is -0.0800. The molecule has 0 saturated heterocycles. The summed E-state index contributed by atoms with van der Waals surface area (Å²) in [7, 11) is 0. The third-order valence-electron chi connectivity index (χ3n) is 2.43. The maximum Gasteiger partial charge on any atom is 0.0218 e. The van der Waals surface area contributed by atoms with Crippen LogP contribution in [0.15, 0.2) is 0 Å². The summed E-state index contributed by atoms with van der Waals surface area (Å²) in [5.74, 6) is 0. The fourth-order valence-electron chi connectivity index (χ4n) is 1.49. The molecule has 2 atom stereocenters. The fraction of sp³-hybridized carbons (Fsp3) is 1.00. The van der Waals surface area contributed by atoms with Gasteiger partial charge in [-0.2, -0.15) is 0 Å². The van der Waals surface area contributed by atoms with Crippen LogP contribution in [0.3, 0.4) is 0 Å². The van der Waals surface area contributed by atoms with Crippen molar-refractivity contribution in [3.63, 3.8) is 0 Å². The maximum atomic E-state index is 5.86. The van der Waals surface area contributed by atoms with E-state index in [1.54, 1.807) is 0 Å². The number of hydrogen-bond acceptors (Lipinski definition) is 2. The molecule has 0 spiro atoms. The Morgan fingerprint density at radius 1 is 1.17 bits per heavy atom. The maximum absolute atomic E-state index is 5.86. The second-order valence-corrected chi connectivity index (χ2v) is 3.93. The van der Waals surface area contributed by atoms with E-state index in [1.165, 1.54) is 6.42 Å². The van der Waals surface area contributed by atoms with Crippen molar-refractivity contribution in [1.82, 2.24) is 4.90 Å². The first kappa shape index (κ1) is 11.9. The number of rotatable bonds is 5. The van der Waals surface area contributed by atoms with Crippen LogP contribution in [-0.4, -0.2) is 29.6 Å². The molecule has 2 nitrogen and oxygen atoms in total. The van der Waals surface area contributed by atoms with Crippen molar-refractivity contribution in [2.75, 3.05) is 6.54 Å². The normalized spacial score (nSPS) is 17.0. The smallest absolute Gasteiger partial charge is 0.0218 e. The molecule has 2 unspecified atom stereocenters. The zero-order valence-corrected chi connectivity index (χ0v) is 9.17. The summed E-state index contributed by atoms with van der Waals surface area (Å²) in [6.45, 7) is 12.1. The molecule has 0 rings (SSSR count). The van der Waals surface area contributed by atoms with Crippen molar-refractivity contribution >= 4 is 0 Å². The first-order valence-corrected chi connectivity index (χ1v) is 5.02. The Kier molecular flexibility index (Phi) is 5.51. The van der Waals surface area contributed by atoms with E-state index in [-0.39, 0.29) is 6.04 Å². The quantitative estimate of drug-likeness (QED) is 0.685. The molecular weight excluding hydrogens is 148 g/mol. The highest BCUT2D eigenvalue weighted by Crippen LogP contribution is 2.08. The van der Waals surface area contributed by atoms with Gasteiger partial charge in [-0.15, -0.1) is 0 Å². The second kappa shape index (κ2) is 5.55. The average Bonchev–Trinajstić information content (AvgIpc) is 1.98. The molecule has 0 radical (unpaired) electrons. The summed E-state index contributed by atoms with van der Waals surface area (Å²) in [6, 6.07) is 1.36. The summed E-state index contributed by atoms with van der Waals surface area (Å²) < 4.78 is 0. The molecule has 0 aromatic carbocycles. The van der Waals surface area contributed by atoms with Gasteiger partial charge in [0.15, 0.2) is 0 Å². The minimum atomic E-state index is 0.263. The standard InChI is InChI=1S/C10H24N2/c1-6-7-12(8(2)3)10(5)9(4)11/h8-10H,6-7,11H2,1-5H3. The molecule has 0 heterocycles. The zero-order valence-electron chi connectivity index (χ0n) is 9.17. The largest absolute Gasteiger partial charge is 0.327 e. The minimum Gasteiger partial charge on any atom is -0.327 e. The van der Waals surface area contributed by atoms with Crippen LogP contribution < -0.4 is 5.73 Å². The molecule has 0 aliphatic carbocycles. The van der Waals surface area contributed by atoms with Crippen LogP contribution in [0.4, 0.5) is 0 Å². The van der Waals surface area contributed by atoms with Gasteiger partial charge < -0.3 is 5.73 Å². The molecule has 0 fully saturated rings. The highest BCUT2D eigenvalue weighted by molar-refractivity contribution is 4.76. The van der Waals surface area contributed by atoms with Crippen molar-refractivity contribution in [2.24, 2.45) is 5.73 Å². The lowest BCUT2D eigenvalue weighted by Gasteiger charge is -2.34. The van der Waals surface area contributed by atoms with E-state index in [0.717, 1.165) is 6.54 Å². The second-order valence-electron chi connectivity index (χ2n) is 3.93. The van der Waals surface area contributed by atoms with Gasteiger partial charge in [-0.1, -0.05) is 6.92 Å². The number of nitrogens with zero attached hydrogens (tertiary/aromatic N) is 1. The van der Waals surface area contributed by atoms with Crippen molar-refractivity contribution in [1.29, 1.82) is 0 Å². The van der Waals surface area contributed by atoms with Gasteiger partial charge in [0.2, 0.25) is 0 Å². The molecule has 2 N–H and O–H groups in total. The van der Waals surface area contributed by atoms with Gasteiger partial charge in [0.05, 0.1) is 0 Å². The summed E-state index contributed by atoms with van der Waals surface area (Å²) in [6.07, 6.45) is 1.20. The van der Waals surface area contributed by atoms with Crippen LogP contribution in [0, 0.1) is 0 Å². The Balaban J connectivity index is 4.09. The van der Waals surface area contributed by atoms with E-state index in [1.807, 2.05) is 0 Å². The lowest BCUT2D eigenvalue weighted by Crippen LogP contribution is -2.47. The molecule has 0 aliphatic rings. The zero-order chi connectivity index (χ0) is 9.72. The fourth-order valence-corrected chi connectivity index (χ4v) is 1.49. The summed E-state index contributed by atoms with van der Waals surface area (Å²) >= 11 is 0. The highest BCUT2D eigenvalue weighted by atomic mass is 15.2. The molecular formula is C10H24N2. The van der Waals surface area contributed by atoms with Gasteiger partial charge in [0.1, 0.15) is 0 Å². The monoisotopic (exact) mass is 172 g/mol. The van der Waals surface area contributed by atoms with Crippen molar-refractivity contribution in [2.45, 2.75) is 59.2 Å². The van der Waals surface area contributed by atoms with Gasteiger partial charge in [-0.3, -0.25) is 4.90 Å². The third kappa shape index (κ3) is 3.55. The predicted molar refractivity (Wildman–Crippen MR) is 55.2 cm³/mol. The van der Waals surface area contributed by atoms with Crippen LogP contribution in [0.2, 0.25) is 0 Å². The van der Waals surface area contributed by atoms with E-state index in [9.17, 15) is 0 Å². The van der Waals surface area contributed by atoms with E-state index >= 15 is 0 Å². The van der Waals surface area contributed by atoms with Crippen LogP contribution in [0.25, 0.3) is 0 Å². The Morgan fingerprint density at radius 2 is 1.67 bits per heavy atom. The van der Waals surface area contributed by atoms with Crippen molar-refractivity contribution in [3.05, 3.63) is 0 Å². The Labute approximate surface area is 77.1 Å². The van der Waals surface area contributed by atoms with Gasteiger partial charge in [0, 0.05) is 18.1 Å². The van der Waals surface area contributed by atoms with Crippen LogP contribution in [0.5, 0.6) is 0 Å². The third-order valence-corrected chi connectivity index (χ3v) is 2.43. The Bertz CT molecular complexity index is 110. The van der Waals surface area contributed by atoms with Gasteiger partial charge >= 0.3 is 0 Å². The first-order chi connectivity index (χ1) is 5.50. The summed E-state index contributed by atoms with van der Waals surface area (Å²) in [5.41, 5.74) is 5.86. The molecule has 0 aromatic heterocycles. The lowest BCUT2D eigenvalue weighted by atomic mass is 10.1. The number of hydrogen-bond donors (Lipinski definition) is 1. The van der Waals surface area contributed by atoms with Gasteiger partial charge in [-0.05, 0) is 40.7 Å². The molecule has 0 bridgehead atoms. The molecule has 12 heavy (non-hydrogen) atoms. The lowest BCUT2D eigenvalue weighted by molar-refractivity contribution is 0.148. The number of nitrogens with two attached hydrogens (primary N) is 1.